The number of ether oxygens (including phenoxy) is 1. The molecule has 5 heterocycles. The molecule has 0 spiro atoms. The highest BCUT2D eigenvalue weighted by atomic mass is 35.5. The molecule has 0 amide bonds. The summed E-state index contributed by atoms with van der Waals surface area (Å²) in [7, 11) is 0. The van der Waals surface area contributed by atoms with E-state index in [1.165, 1.54) is 125 Å². The normalized spacial score (nSPS) is 18.9. The van der Waals surface area contributed by atoms with Gasteiger partial charge in [-0.05, 0) is 68.7 Å². The van der Waals surface area contributed by atoms with Crippen molar-refractivity contribution in [1.29, 1.82) is 0 Å². The predicted molar refractivity (Wildman–Crippen MR) is 141 cm³/mol. The molecular formula is C32H33ClN2O. The van der Waals surface area contributed by atoms with E-state index < -0.39 is 0 Å². The standard InChI is InChI=1S/C32H33N2O.ClH/c1-20-10-12-21(13-11-20)28-26-18-22-6-2-14-33-16-4-8-24(29(22)33)31(26)35-32-25-9-5-17-34-15-3-7-23(30(25)34)19-27(28)32;/h10-13,18-19H,2-9,14-17H2,1H3;1H/q+1;/p-1. The zero-order valence-corrected chi connectivity index (χ0v) is 21.9. The smallest absolute Gasteiger partial charge is 0.210 e. The third-order valence-electron chi connectivity index (χ3n) is 9.03. The first kappa shape index (κ1) is 22.4. The SMILES string of the molecule is Cc1ccc(C2=c3cc4c5c(c3Oc3c2cc2c6c3CCCN6CCC2)CCC[N+]=5CCC4)cc1.[Cl-]. The van der Waals surface area contributed by atoms with E-state index >= 15 is 0 Å². The van der Waals surface area contributed by atoms with Crippen molar-refractivity contribution in [2.24, 2.45) is 0 Å². The van der Waals surface area contributed by atoms with Crippen LogP contribution in [0.1, 0.15) is 64.6 Å². The number of rotatable bonds is 1. The molecule has 3 aromatic rings. The zero-order chi connectivity index (χ0) is 23.1. The molecule has 0 N–H and O–H groups in total. The Morgan fingerprint density at radius 2 is 1.50 bits per heavy atom. The molecule has 8 rings (SSSR count). The largest absolute Gasteiger partial charge is 1.00 e. The molecule has 0 radical (unpaired) electrons. The average Bonchev–Trinajstić information content (AvgIpc) is 2.89. The highest BCUT2D eigenvalue weighted by Gasteiger charge is 2.35. The van der Waals surface area contributed by atoms with Crippen molar-refractivity contribution in [2.45, 2.75) is 58.3 Å². The van der Waals surface area contributed by atoms with Crippen molar-refractivity contribution in [3.8, 4) is 11.5 Å². The molecule has 0 bridgehead atoms. The second-order valence-electron chi connectivity index (χ2n) is 11.2. The Morgan fingerprint density at radius 1 is 0.778 bits per heavy atom. The third-order valence-corrected chi connectivity index (χ3v) is 9.03. The van der Waals surface area contributed by atoms with Crippen LogP contribution in [0.25, 0.3) is 5.57 Å². The van der Waals surface area contributed by atoms with Gasteiger partial charge in [0.25, 0.3) is 0 Å². The minimum atomic E-state index is 0. The monoisotopic (exact) mass is 496 g/mol. The van der Waals surface area contributed by atoms with Gasteiger partial charge in [0.15, 0.2) is 0 Å². The van der Waals surface area contributed by atoms with E-state index in [0.717, 1.165) is 24.3 Å². The van der Waals surface area contributed by atoms with E-state index in [1.54, 1.807) is 0 Å². The van der Waals surface area contributed by atoms with Crippen molar-refractivity contribution in [3.63, 3.8) is 0 Å². The molecule has 0 aromatic heterocycles. The summed E-state index contributed by atoms with van der Waals surface area (Å²) < 4.78 is 9.76. The van der Waals surface area contributed by atoms with Crippen LogP contribution in [0.5, 0.6) is 11.5 Å². The predicted octanol–water partition coefficient (Wildman–Crippen LogP) is 1.43. The summed E-state index contributed by atoms with van der Waals surface area (Å²) in [6.45, 7) is 6.95. The minimum Gasteiger partial charge on any atom is -1.00 e. The molecule has 3 aromatic carbocycles. The molecular weight excluding hydrogens is 464 g/mol. The van der Waals surface area contributed by atoms with Gasteiger partial charge in [-0.1, -0.05) is 29.8 Å². The molecule has 36 heavy (non-hydrogen) atoms. The van der Waals surface area contributed by atoms with Gasteiger partial charge in [-0.3, -0.25) is 0 Å². The van der Waals surface area contributed by atoms with E-state index in [9.17, 15) is 0 Å². The number of nitrogens with zero attached hydrogens (tertiary/aromatic N) is 2. The van der Waals surface area contributed by atoms with Crippen molar-refractivity contribution >= 4 is 11.3 Å². The molecule has 184 valence electrons. The molecule has 5 aliphatic heterocycles. The first-order chi connectivity index (χ1) is 17.3. The van der Waals surface area contributed by atoms with E-state index in [1.807, 2.05) is 0 Å². The molecule has 0 saturated heterocycles. The van der Waals surface area contributed by atoms with Gasteiger partial charge in [0, 0.05) is 59.1 Å². The lowest BCUT2D eigenvalue weighted by molar-refractivity contribution is -0.00000733. The Bertz CT molecular complexity index is 1530. The molecule has 5 aliphatic rings. The number of fused-ring (bicyclic) bond motifs is 4. The summed E-state index contributed by atoms with van der Waals surface area (Å²) in [4.78, 5) is 2.64. The van der Waals surface area contributed by atoms with Crippen LogP contribution in [-0.2, 0) is 25.7 Å². The number of aryl methyl sites for hydroxylation is 3. The molecule has 0 fully saturated rings. The van der Waals surface area contributed by atoms with Gasteiger partial charge in [0.1, 0.15) is 24.6 Å². The first-order valence-electron chi connectivity index (χ1n) is 13.8. The Morgan fingerprint density at radius 3 is 2.33 bits per heavy atom. The lowest BCUT2D eigenvalue weighted by Gasteiger charge is -2.39. The Kier molecular flexibility index (Phi) is 5.22. The van der Waals surface area contributed by atoms with Gasteiger partial charge in [0.05, 0.1) is 5.56 Å². The van der Waals surface area contributed by atoms with E-state index in [4.69, 9.17) is 4.74 Å². The second kappa shape index (κ2) is 8.38. The number of hydrogen-bond acceptors (Lipinski definition) is 2. The van der Waals surface area contributed by atoms with E-state index in [-0.39, 0.29) is 12.4 Å². The van der Waals surface area contributed by atoms with E-state index in [2.05, 4.69) is 52.8 Å². The van der Waals surface area contributed by atoms with Crippen molar-refractivity contribution in [3.05, 3.63) is 85.9 Å². The van der Waals surface area contributed by atoms with Crippen LogP contribution >= 0.6 is 0 Å². The van der Waals surface area contributed by atoms with Crippen LogP contribution in [0, 0.1) is 6.92 Å². The van der Waals surface area contributed by atoms with Crippen molar-refractivity contribution < 1.29 is 17.1 Å². The summed E-state index contributed by atoms with van der Waals surface area (Å²) >= 11 is 0. The third kappa shape index (κ3) is 3.14. The molecule has 3 nitrogen and oxygen atoms in total. The molecule has 0 atom stereocenters. The summed E-state index contributed by atoms with van der Waals surface area (Å²) in [5.41, 5.74) is 12.9. The number of anilines is 1. The Labute approximate surface area is 219 Å². The molecule has 0 saturated carbocycles. The number of hydrogen-bond donors (Lipinski definition) is 0. The first-order valence-corrected chi connectivity index (χ1v) is 13.8. The Balaban J connectivity index is 0.00000220. The lowest BCUT2D eigenvalue weighted by Crippen LogP contribution is -3.00. The average molecular weight is 497 g/mol. The van der Waals surface area contributed by atoms with E-state index in [0.29, 0.717) is 0 Å². The fourth-order valence-electron chi connectivity index (χ4n) is 7.54. The van der Waals surface area contributed by atoms with Crippen molar-refractivity contribution in [2.75, 3.05) is 31.1 Å². The molecule has 4 heteroatoms. The van der Waals surface area contributed by atoms with Crippen molar-refractivity contribution in [1.82, 2.24) is 4.58 Å². The summed E-state index contributed by atoms with van der Waals surface area (Å²) in [5.74, 6) is 2.31. The maximum absolute atomic E-state index is 7.12. The summed E-state index contributed by atoms with van der Waals surface area (Å²) in [5, 5.41) is 2.83. The van der Waals surface area contributed by atoms with Gasteiger partial charge >= 0.3 is 0 Å². The van der Waals surface area contributed by atoms with Gasteiger partial charge in [0.2, 0.25) is 5.36 Å². The fourth-order valence-corrected chi connectivity index (χ4v) is 7.54. The fraction of sp³-hybridized carbons (Fsp3) is 0.406. The summed E-state index contributed by atoms with van der Waals surface area (Å²) in [6.07, 6.45) is 9.60. The van der Waals surface area contributed by atoms with Crippen LogP contribution in [0.4, 0.5) is 5.69 Å². The quantitative estimate of drug-likeness (QED) is 0.371. The van der Waals surface area contributed by atoms with Gasteiger partial charge in [-0.2, -0.15) is 0 Å². The minimum absolute atomic E-state index is 0. The van der Waals surface area contributed by atoms with Gasteiger partial charge in [-0.15, -0.1) is 0 Å². The molecule has 0 unspecified atom stereocenters. The number of benzene rings is 3. The van der Waals surface area contributed by atoms with Crippen LogP contribution in [-0.4, -0.2) is 26.2 Å². The molecule has 0 aliphatic carbocycles. The zero-order valence-electron chi connectivity index (χ0n) is 21.1. The van der Waals surface area contributed by atoms with Crippen LogP contribution in [0.2, 0.25) is 0 Å². The van der Waals surface area contributed by atoms with Gasteiger partial charge < -0.3 is 22.0 Å². The van der Waals surface area contributed by atoms with Gasteiger partial charge in [-0.25, -0.2) is 4.58 Å². The highest BCUT2D eigenvalue weighted by molar-refractivity contribution is 5.89. The highest BCUT2D eigenvalue weighted by Crippen LogP contribution is 2.48. The maximum atomic E-state index is 7.12. The summed E-state index contributed by atoms with van der Waals surface area (Å²) in [6, 6.07) is 14.2. The van der Waals surface area contributed by atoms with Crippen LogP contribution in [0.15, 0.2) is 36.4 Å². The maximum Gasteiger partial charge on any atom is 0.210 e. The number of halogens is 1. The topological polar surface area (TPSA) is 15.5 Å². The lowest BCUT2D eigenvalue weighted by atomic mass is 9.82. The Hall–Kier alpha value is -2.78. The second-order valence-corrected chi connectivity index (χ2v) is 11.2. The van der Waals surface area contributed by atoms with Crippen LogP contribution in [0.3, 0.4) is 0 Å². The van der Waals surface area contributed by atoms with Crippen LogP contribution < -0.4 is 37.2 Å².